The number of nitrogens with two attached hydrogens (primary N) is 1. The molecule has 20 heavy (non-hydrogen) atoms. The summed E-state index contributed by atoms with van der Waals surface area (Å²) in [7, 11) is 0. The number of phenols is 1. The summed E-state index contributed by atoms with van der Waals surface area (Å²) in [6, 6.07) is 10.1. The molecule has 0 aliphatic rings. The predicted octanol–water partition coefficient (Wildman–Crippen LogP) is 2.80. The van der Waals surface area contributed by atoms with E-state index in [1.54, 1.807) is 18.2 Å². The SMILES string of the molecule is CC(N)c1cccc(NC(=O)c2cc(F)ccc2O)c1. The smallest absolute Gasteiger partial charge is 0.259 e. The Morgan fingerprint density at radius 1 is 1.30 bits per heavy atom. The molecule has 0 aromatic heterocycles. The van der Waals surface area contributed by atoms with Crippen molar-refractivity contribution in [2.45, 2.75) is 13.0 Å². The van der Waals surface area contributed by atoms with Crippen LogP contribution < -0.4 is 11.1 Å². The van der Waals surface area contributed by atoms with Gasteiger partial charge < -0.3 is 16.2 Å². The second-order valence-corrected chi connectivity index (χ2v) is 4.53. The Labute approximate surface area is 116 Å². The number of halogens is 1. The quantitative estimate of drug-likeness (QED) is 0.805. The van der Waals surface area contributed by atoms with E-state index < -0.39 is 11.7 Å². The van der Waals surface area contributed by atoms with Gasteiger partial charge in [0.05, 0.1) is 5.56 Å². The topological polar surface area (TPSA) is 75.3 Å². The summed E-state index contributed by atoms with van der Waals surface area (Å²) in [6.45, 7) is 1.83. The van der Waals surface area contributed by atoms with E-state index in [0.717, 1.165) is 23.8 Å². The molecule has 4 nitrogen and oxygen atoms in total. The van der Waals surface area contributed by atoms with Crippen LogP contribution in [0.5, 0.6) is 5.75 Å². The minimum atomic E-state index is -0.586. The predicted molar refractivity (Wildman–Crippen MR) is 75.1 cm³/mol. The number of benzene rings is 2. The lowest BCUT2D eigenvalue weighted by atomic mass is 10.1. The van der Waals surface area contributed by atoms with E-state index in [1.165, 1.54) is 0 Å². The Kier molecular flexibility index (Phi) is 4.00. The molecule has 0 saturated carbocycles. The highest BCUT2D eigenvalue weighted by Gasteiger charge is 2.13. The van der Waals surface area contributed by atoms with Crippen LogP contribution in [-0.2, 0) is 0 Å². The molecule has 2 rings (SSSR count). The average Bonchev–Trinajstić information content (AvgIpc) is 2.41. The molecule has 0 saturated heterocycles. The van der Waals surface area contributed by atoms with Crippen LogP contribution in [0.25, 0.3) is 0 Å². The number of phenolic OH excluding ortho intramolecular Hbond substituents is 1. The Morgan fingerprint density at radius 3 is 2.75 bits per heavy atom. The summed E-state index contributed by atoms with van der Waals surface area (Å²) in [5.74, 6) is -1.44. The van der Waals surface area contributed by atoms with Crippen LogP contribution in [0, 0.1) is 5.82 Å². The fourth-order valence-corrected chi connectivity index (χ4v) is 1.79. The first kappa shape index (κ1) is 14.0. The van der Waals surface area contributed by atoms with Gasteiger partial charge in [0.15, 0.2) is 0 Å². The van der Waals surface area contributed by atoms with Gasteiger partial charge in [0.25, 0.3) is 5.91 Å². The summed E-state index contributed by atoms with van der Waals surface area (Å²) in [6.07, 6.45) is 0. The summed E-state index contributed by atoms with van der Waals surface area (Å²) >= 11 is 0. The van der Waals surface area contributed by atoms with Crippen LogP contribution in [0.15, 0.2) is 42.5 Å². The van der Waals surface area contributed by atoms with Crippen molar-refractivity contribution >= 4 is 11.6 Å². The molecule has 2 aromatic rings. The van der Waals surface area contributed by atoms with Crippen molar-refractivity contribution in [2.75, 3.05) is 5.32 Å². The van der Waals surface area contributed by atoms with Gasteiger partial charge in [-0.3, -0.25) is 4.79 Å². The Bertz CT molecular complexity index is 642. The van der Waals surface area contributed by atoms with Crippen LogP contribution in [0.2, 0.25) is 0 Å². The molecule has 104 valence electrons. The molecule has 0 aliphatic heterocycles. The molecule has 0 fully saturated rings. The minimum Gasteiger partial charge on any atom is -0.507 e. The van der Waals surface area contributed by atoms with E-state index in [4.69, 9.17) is 5.73 Å². The Morgan fingerprint density at radius 2 is 2.05 bits per heavy atom. The van der Waals surface area contributed by atoms with Crippen molar-refractivity contribution in [3.05, 3.63) is 59.4 Å². The molecular formula is C15H15FN2O2. The fraction of sp³-hybridized carbons (Fsp3) is 0.133. The molecule has 1 unspecified atom stereocenters. The van der Waals surface area contributed by atoms with Crippen molar-refractivity contribution in [2.24, 2.45) is 5.73 Å². The third kappa shape index (κ3) is 3.13. The fourth-order valence-electron chi connectivity index (χ4n) is 1.79. The van der Waals surface area contributed by atoms with Crippen LogP contribution in [0.1, 0.15) is 28.9 Å². The zero-order valence-corrected chi connectivity index (χ0v) is 10.9. The summed E-state index contributed by atoms with van der Waals surface area (Å²) < 4.78 is 13.1. The summed E-state index contributed by atoms with van der Waals surface area (Å²) in [5, 5.41) is 12.2. The maximum Gasteiger partial charge on any atom is 0.259 e. The lowest BCUT2D eigenvalue weighted by Crippen LogP contribution is -2.13. The maximum absolute atomic E-state index is 13.1. The van der Waals surface area contributed by atoms with Gasteiger partial charge >= 0.3 is 0 Å². The number of nitrogens with one attached hydrogen (secondary N) is 1. The second-order valence-electron chi connectivity index (χ2n) is 4.53. The van der Waals surface area contributed by atoms with Gasteiger partial charge in [-0.15, -0.1) is 0 Å². The van der Waals surface area contributed by atoms with Gasteiger partial charge in [-0.05, 0) is 42.8 Å². The van der Waals surface area contributed by atoms with Gasteiger partial charge in [0, 0.05) is 11.7 Å². The number of hydrogen-bond acceptors (Lipinski definition) is 3. The number of hydrogen-bond donors (Lipinski definition) is 3. The van der Waals surface area contributed by atoms with Crippen LogP contribution in [-0.4, -0.2) is 11.0 Å². The third-order valence-electron chi connectivity index (χ3n) is 2.87. The van der Waals surface area contributed by atoms with Gasteiger partial charge in [-0.2, -0.15) is 0 Å². The monoisotopic (exact) mass is 274 g/mol. The van der Waals surface area contributed by atoms with Gasteiger partial charge in [0.1, 0.15) is 11.6 Å². The molecule has 2 aromatic carbocycles. The highest BCUT2D eigenvalue weighted by Crippen LogP contribution is 2.21. The zero-order valence-electron chi connectivity index (χ0n) is 10.9. The van der Waals surface area contributed by atoms with E-state index in [1.807, 2.05) is 13.0 Å². The van der Waals surface area contributed by atoms with E-state index in [0.29, 0.717) is 5.69 Å². The van der Waals surface area contributed by atoms with Crippen molar-refractivity contribution in [3.8, 4) is 5.75 Å². The standard InChI is InChI=1S/C15H15FN2O2/c1-9(17)10-3-2-4-12(7-10)18-15(20)13-8-11(16)5-6-14(13)19/h2-9,19H,17H2,1H3,(H,18,20). The largest absolute Gasteiger partial charge is 0.507 e. The number of rotatable bonds is 3. The minimum absolute atomic E-state index is 0.115. The van der Waals surface area contributed by atoms with Crippen LogP contribution in [0.4, 0.5) is 10.1 Å². The van der Waals surface area contributed by atoms with Gasteiger partial charge in [-0.1, -0.05) is 12.1 Å². The van der Waals surface area contributed by atoms with Crippen LogP contribution in [0.3, 0.4) is 0 Å². The maximum atomic E-state index is 13.1. The number of carbonyl (C=O) groups excluding carboxylic acids is 1. The summed E-state index contributed by atoms with van der Waals surface area (Å²) in [4.78, 5) is 12.0. The van der Waals surface area contributed by atoms with Crippen molar-refractivity contribution < 1.29 is 14.3 Å². The zero-order chi connectivity index (χ0) is 14.7. The van der Waals surface area contributed by atoms with E-state index in [2.05, 4.69) is 5.32 Å². The highest BCUT2D eigenvalue weighted by atomic mass is 19.1. The highest BCUT2D eigenvalue weighted by molar-refractivity contribution is 6.06. The Hall–Kier alpha value is -2.40. The first-order chi connectivity index (χ1) is 9.47. The van der Waals surface area contributed by atoms with E-state index in [9.17, 15) is 14.3 Å². The molecule has 0 bridgehead atoms. The van der Waals surface area contributed by atoms with Crippen LogP contribution >= 0.6 is 0 Å². The third-order valence-corrected chi connectivity index (χ3v) is 2.87. The van der Waals surface area contributed by atoms with Crippen molar-refractivity contribution in [3.63, 3.8) is 0 Å². The molecule has 0 aliphatic carbocycles. The molecule has 0 radical (unpaired) electrons. The van der Waals surface area contributed by atoms with E-state index in [-0.39, 0.29) is 17.4 Å². The molecule has 1 amide bonds. The molecule has 5 heteroatoms. The van der Waals surface area contributed by atoms with E-state index >= 15 is 0 Å². The average molecular weight is 274 g/mol. The first-order valence-corrected chi connectivity index (χ1v) is 6.13. The normalized spacial score (nSPS) is 11.9. The number of carbonyl (C=O) groups is 1. The number of amides is 1. The number of anilines is 1. The lowest BCUT2D eigenvalue weighted by molar-refractivity contribution is 0.102. The lowest BCUT2D eigenvalue weighted by Gasteiger charge is -2.10. The number of aromatic hydroxyl groups is 1. The van der Waals surface area contributed by atoms with Crippen molar-refractivity contribution in [1.82, 2.24) is 0 Å². The second kappa shape index (κ2) is 5.71. The van der Waals surface area contributed by atoms with Gasteiger partial charge in [-0.25, -0.2) is 4.39 Å². The molecule has 1 atom stereocenters. The van der Waals surface area contributed by atoms with Crippen molar-refractivity contribution in [1.29, 1.82) is 0 Å². The first-order valence-electron chi connectivity index (χ1n) is 6.13. The summed E-state index contributed by atoms with van der Waals surface area (Å²) in [5.41, 5.74) is 7.05. The molecule has 0 spiro atoms. The molecular weight excluding hydrogens is 259 g/mol. The molecule has 0 heterocycles. The van der Waals surface area contributed by atoms with Gasteiger partial charge in [0.2, 0.25) is 0 Å². The molecule has 4 N–H and O–H groups in total. The Balaban J connectivity index is 2.23.